The van der Waals surface area contributed by atoms with Crippen molar-refractivity contribution in [3.8, 4) is 0 Å². The summed E-state index contributed by atoms with van der Waals surface area (Å²) in [6, 6.07) is 0.709. The molecular formula is C15H33N3. The van der Waals surface area contributed by atoms with Crippen LogP contribution in [-0.2, 0) is 0 Å². The predicted octanol–water partition coefficient (Wildman–Crippen LogP) is 2.31. The monoisotopic (exact) mass is 255 g/mol. The molecule has 0 bridgehead atoms. The van der Waals surface area contributed by atoms with Crippen LogP contribution in [0.2, 0.25) is 0 Å². The Morgan fingerprint density at radius 1 is 1.33 bits per heavy atom. The van der Waals surface area contributed by atoms with Gasteiger partial charge in [-0.05, 0) is 46.3 Å². The molecule has 0 aromatic rings. The number of likely N-dealkylation sites (tertiary alicyclic amines) is 1. The standard InChI is InChI=1S/C15H33N3/c1-5-7-10-15(6-2,13-16)18-11-8-9-14(18)12-17(3)4/h14H,5-13,16H2,1-4H3. The number of hydrogen-bond acceptors (Lipinski definition) is 3. The molecule has 0 amide bonds. The molecule has 3 heteroatoms. The van der Waals surface area contributed by atoms with Crippen LogP contribution in [0.4, 0.5) is 0 Å². The van der Waals surface area contributed by atoms with Gasteiger partial charge in [0.1, 0.15) is 0 Å². The normalized spacial score (nSPS) is 24.7. The molecule has 108 valence electrons. The molecule has 0 radical (unpaired) electrons. The quantitative estimate of drug-likeness (QED) is 0.722. The molecular weight excluding hydrogens is 222 g/mol. The van der Waals surface area contributed by atoms with E-state index in [-0.39, 0.29) is 5.54 Å². The summed E-state index contributed by atoms with van der Waals surface area (Å²) in [7, 11) is 4.36. The number of rotatable bonds is 8. The molecule has 0 aromatic carbocycles. The van der Waals surface area contributed by atoms with E-state index in [1.165, 1.54) is 51.6 Å². The fraction of sp³-hybridized carbons (Fsp3) is 1.00. The van der Waals surface area contributed by atoms with Crippen molar-refractivity contribution in [3.05, 3.63) is 0 Å². The SMILES string of the molecule is CCCCC(CC)(CN)N1CCCC1CN(C)C. The van der Waals surface area contributed by atoms with Crippen LogP contribution in [0.15, 0.2) is 0 Å². The summed E-state index contributed by atoms with van der Waals surface area (Å²) in [5.41, 5.74) is 6.43. The lowest BCUT2D eigenvalue weighted by molar-refractivity contribution is 0.0547. The van der Waals surface area contributed by atoms with Crippen molar-refractivity contribution in [3.63, 3.8) is 0 Å². The molecule has 1 fully saturated rings. The van der Waals surface area contributed by atoms with Crippen LogP contribution in [-0.4, -0.2) is 55.1 Å². The van der Waals surface area contributed by atoms with Crippen molar-refractivity contribution in [2.45, 2.75) is 64.0 Å². The van der Waals surface area contributed by atoms with Crippen LogP contribution in [0.5, 0.6) is 0 Å². The number of nitrogens with two attached hydrogens (primary N) is 1. The Morgan fingerprint density at radius 2 is 2.06 bits per heavy atom. The van der Waals surface area contributed by atoms with E-state index in [4.69, 9.17) is 5.73 Å². The van der Waals surface area contributed by atoms with Crippen molar-refractivity contribution in [2.24, 2.45) is 5.73 Å². The summed E-state index contributed by atoms with van der Waals surface area (Å²) in [6.07, 6.45) is 7.70. The first-order chi connectivity index (χ1) is 8.59. The first kappa shape index (κ1) is 15.9. The Hall–Kier alpha value is -0.120. The smallest absolute Gasteiger partial charge is 0.0332 e. The van der Waals surface area contributed by atoms with E-state index in [2.05, 4.69) is 37.7 Å². The van der Waals surface area contributed by atoms with Gasteiger partial charge in [0.15, 0.2) is 0 Å². The highest BCUT2D eigenvalue weighted by Gasteiger charge is 2.39. The van der Waals surface area contributed by atoms with Gasteiger partial charge in [-0.2, -0.15) is 0 Å². The molecule has 0 aliphatic carbocycles. The minimum absolute atomic E-state index is 0.257. The summed E-state index contributed by atoms with van der Waals surface area (Å²) in [5, 5.41) is 0. The lowest BCUT2D eigenvalue weighted by Gasteiger charge is -2.45. The van der Waals surface area contributed by atoms with Gasteiger partial charge in [-0.15, -0.1) is 0 Å². The van der Waals surface area contributed by atoms with Crippen molar-refractivity contribution < 1.29 is 0 Å². The molecule has 0 aromatic heterocycles. The minimum Gasteiger partial charge on any atom is -0.329 e. The van der Waals surface area contributed by atoms with Crippen LogP contribution in [0, 0.1) is 0 Å². The number of hydrogen-bond donors (Lipinski definition) is 1. The Kier molecular flexibility index (Phi) is 6.61. The van der Waals surface area contributed by atoms with E-state index in [9.17, 15) is 0 Å². The maximum Gasteiger partial charge on any atom is 0.0332 e. The largest absolute Gasteiger partial charge is 0.329 e. The van der Waals surface area contributed by atoms with Gasteiger partial charge < -0.3 is 10.6 Å². The zero-order valence-corrected chi connectivity index (χ0v) is 12.9. The van der Waals surface area contributed by atoms with Crippen LogP contribution in [0.25, 0.3) is 0 Å². The fourth-order valence-corrected chi connectivity index (χ4v) is 3.46. The van der Waals surface area contributed by atoms with E-state index in [0.717, 1.165) is 6.54 Å². The summed E-state index contributed by atoms with van der Waals surface area (Å²) in [6.45, 7) is 7.82. The highest BCUT2D eigenvalue weighted by molar-refractivity contribution is 4.97. The maximum absolute atomic E-state index is 6.18. The van der Waals surface area contributed by atoms with Gasteiger partial charge in [-0.3, -0.25) is 4.90 Å². The highest BCUT2D eigenvalue weighted by Crippen LogP contribution is 2.33. The summed E-state index contributed by atoms with van der Waals surface area (Å²) < 4.78 is 0. The van der Waals surface area contributed by atoms with Crippen LogP contribution < -0.4 is 5.73 Å². The second kappa shape index (κ2) is 7.46. The summed E-state index contributed by atoms with van der Waals surface area (Å²) in [4.78, 5) is 5.06. The molecule has 18 heavy (non-hydrogen) atoms. The van der Waals surface area contributed by atoms with Crippen LogP contribution >= 0.6 is 0 Å². The molecule has 1 rings (SSSR count). The molecule has 3 nitrogen and oxygen atoms in total. The molecule has 1 aliphatic rings. The highest BCUT2D eigenvalue weighted by atomic mass is 15.3. The van der Waals surface area contributed by atoms with Crippen LogP contribution in [0.3, 0.4) is 0 Å². The fourth-order valence-electron chi connectivity index (χ4n) is 3.46. The average Bonchev–Trinajstić information content (AvgIpc) is 2.79. The Bertz CT molecular complexity index is 224. The third-order valence-electron chi connectivity index (χ3n) is 4.60. The Morgan fingerprint density at radius 3 is 2.56 bits per heavy atom. The number of unbranched alkanes of at least 4 members (excludes halogenated alkanes) is 1. The number of nitrogens with zero attached hydrogens (tertiary/aromatic N) is 2. The minimum atomic E-state index is 0.257. The van der Waals surface area contributed by atoms with Gasteiger partial charge in [-0.1, -0.05) is 26.7 Å². The molecule has 1 saturated heterocycles. The third kappa shape index (κ3) is 3.69. The van der Waals surface area contributed by atoms with Gasteiger partial charge in [0, 0.05) is 24.7 Å². The first-order valence-electron chi connectivity index (χ1n) is 7.71. The summed E-state index contributed by atoms with van der Waals surface area (Å²) in [5.74, 6) is 0. The van der Waals surface area contributed by atoms with E-state index in [1.54, 1.807) is 0 Å². The van der Waals surface area contributed by atoms with Crippen LogP contribution in [0.1, 0.15) is 52.4 Å². The molecule has 2 atom stereocenters. The van der Waals surface area contributed by atoms with Gasteiger partial charge in [-0.25, -0.2) is 0 Å². The van der Waals surface area contributed by atoms with E-state index in [1.807, 2.05) is 0 Å². The predicted molar refractivity (Wildman–Crippen MR) is 79.9 cm³/mol. The molecule has 2 unspecified atom stereocenters. The second-order valence-electron chi connectivity index (χ2n) is 6.14. The maximum atomic E-state index is 6.18. The topological polar surface area (TPSA) is 32.5 Å². The average molecular weight is 255 g/mol. The van der Waals surface area contributed by atoms with Crippen molar-refractivity contribution in [1.29, 1.82) is 0 Å². The summed E-state index contributed by atoms with van der Waals surface area (Å²) >= 11 is 0. The molecule has 0 saturated carbocycles. The lowest BCUT2D eigenvalue weighted by Crippen LogP contribution is -2.57. The Labute approximate surface area is 114 Å². The van der Waals surface area contributed by atoms with Gasteiger partial charge in [0.25, 0.3) is 0 Å². The third-order valence-corrected chi connectivity index (χ3v) is 4.60. The zero-order valence-electron chi connectivity index (χ0n) is 12.9. The van der Waals surface area contributed by atoms with E-state index < -0.39 is 0 Å². The lowest BCUT2D eigenvalue weighted by atomic mass is 9.87. The first-order valence-corrected chi connectivity index (χ1v) is 7.71. The molecule has 2 N–H and O–H groups in total. The van der Waals surface area contributed by atoms with Crippen molar-refractivity contribution in [1.82, 2.24) is 9.80 Å². The van der Waals surface area contributed by atoms with Gasteiger partial charge >= 0.3 is 0 Å². The molecule has 1 aliphatic heterocycles. The van der Waals surface area contributed by atoms with Crippen molar-refractivity contribution >= 4 is 0 Å². The zero-order chi connectivity index (χ0) is 13.6. The number of likely N-dealkylation sites (N-methyl/N-ethyl adjacent to an activating group) is 1. The molecule has 1 heterocycles. The second-order valence-corrected chi connectivity index (χ2v) is 6.14. The van der Waals surface area contributed by atoms with Crippen molar-refractivity contribution in [2.75, 3.05) is 33.7 Å². The van der Waals surface area contributed by atoms with Gasteiger partial charge in [0.05, 0.1) is 0 Å². The Balaban J connectivity index is 2.76. The molecule has 0 spiro atoms. The van der Waals surface area contributed by atoms with E-state index >= 15 is 0 Å². The van der Waals surface area contributed by atoms with Gasteiger partial charge in [0.2, 0.25) is 0 Å². The van der Waals surface area contributed by atoms with E-state index in [0.29, 0.717) is 6.04 Å².